The predicted molar refractivity (Wildman–Crippen MR) is 114 cm³/mol. The van der Waals surface area contributed by atoms with Gasteiger partial charge in [-0.25, -0.2) is 0 Å². The third kappa shape index (κ3) is 6.16. The lowest BCUT2D eigenvalue weighted by atomic mass is 10.1. The van der Waals surface area contributed by atoms with Gasteiger partial charge in [0, 0.05) is 17.8 Å². The Morgan fingerprint density at radius 2 is 1.80 bits per heavy atom. The van der Waals surface area contributed by atoms with Gasteiger partial charge in [-0.15, -0.1) is 0 Å². The summed E-state index contributed by atoms with van der Waals surface area (Å²) in [6.45, 7) is 5.89. The van der Waals surface area contributed by atoms with Gasteiger partial charge in [-0.1, -0.05) is 19.9 Å². The number of nitro groups is 1. The van der Waals surface area contributed by atoms with E-state index in [4.69, 9.17) is 9.47 Å². The van der Waals surface area contributed by atoms with Crippen LogP contribution in [0.5, 0.6) is 11.5 Å². The second-order valence-corrected chi connectivity index (χ2v) is 6.99. The Hall–Kier alpha value is -3.68. The number of ether oxygens (including phenoxy) is 2. The van der Waals surface area contributed by atoms with Crippen molar-refractivity contribution in [2.75, 3.05) is 19.0 Å². The highest BCUT2D eigenvalue weighted by Gasteiger charge is 2.16. The number of benzene rings is 2. The van der Waals surface area contributed by atoms with Crippen molar-refractivity contribution in [1.29, 1.82) is 0 Å². The zero-order valence-corrected chi connectivity index (χ0v) is 17.3. The number of methoxy groups -OCH3 is 1. The molecule has 0 radical (unpaired) electrons. The number of carbonyl (C=O) groups excluding carboxylic acids is 2. The number of nitro benzene ring substituents is 1. The number of nitrogens with zero attached hydrogens (tertiary/aromatic N) is 1. The lowest BCUT2D eigenvalue weighted by molar-refractivity contribution is -0.384. The Kier molecular flexibility index (Phi) is 7.69. The summed E-state index contributed by atoms with van der Waals surface area (Å²) in [5.41, 5.74) is 0.772. The maximum Gasteiger partial charge on any atom is 0.269 e. The van der Waals surface area contributed by atoms with E-state index >= 15 is 0 Å². The summed E-state index contributed by atoms with van der Waals surface area (Å²) in [7, 11) is 1.51. The minimum Gasteiger partial charge on any atom is -0.493 e. The monoisotopic (exact) mass is 412 g/mol. The van der Waals surface area contributed by atoms with E-state index in [0.717, 1.165) is 0 Å². The zero-order valence-electron chi connectivity index (χ0n) is 17.3. The highest BCUT2D eigenvalue weighted by molar-refractivity contribution is 6.25. The molecule has 0 heterocycles. The van der Waals surface area contributed by atoms with Crippen LogP contribution in [-0.4, -0.2) is 30.3 Å². The number of hydrogen-bond acceptors (Lipinski definition) is 6. The third-order valence-corrected chi connectivity index (χ3v) is 4.03. The molecular weight excluding hydrogens is 388 g/mol. The minimum atomic E-state index is -0.615. The van der Waals surface area contributed by atoms with E-state index in [2.05, 4.69) is 5.32 Å². The molecule has 30 heavy (non-hydrogen) atoms. The van der Waals surface area contributed by atoms with Crippen LogP contribution < -0.4 is 14.8 Å². The summed E-state index contributed by atoms with van der Waals surface area (Å²) >= 11 is 0. The van der Waals surface area contributed by atoms with Crippen molar-refractivity contribution in [2.24, 2.45) is 5.92 Å². The molecule has 0 unspecified atom stereocenters. The van der Waals surface area contributed by atoms with Crippen molar-refractivity contribution in [1.82, 2.24) is 0 Å². The summed E-state index contributed by atoms with van der Waals surface area (Å²) in [6.07, 6.45) is 1.46. The van der Waals surface area contributed by atoms with Crippen molar-refractivity contribution >= 4 is 29.1 Å². The van der Waals surface area contributed by atoms with Gasteiger partial charge in [-0.3, -0.25) is 19.7 Å². The van der Waals surface area contributed by atoms with Crippen molar-refractivity contribution < 1.29 is 24.0 Å². The second-order valence-electron chi connectivity index (χ2n) is 6.99. The standard InChI is InChI=1S/C22H24N2O6/c1-14(2)13-30-20-10-5-16(12-21(20)29-4)11-19(15(3)25)22(26)23-17-6-8-18(9-7-17)24(27)28/h5-12,14H,13H2,1-4H3,(H,23,26)/b19-11+. The fraction of sp³-hybridized carbons (Fsp3) is 0.273. The van der Waals surface area contributed by atoms with Gasteiger partial charge in [-0.05, 0) is 48.7 Å². The molecule has 8 heteroatoms. The van der Waals surface area contributed by atoms with E-state index in [1.807, 2.05) is 13.8 Å². The third-order valence-electron chi connectivity index (χ3n) is 4.03. The molecule has 0 aliphatic heterocycles. The Balaban J connectivity index is 2.24. The van der Waals surface area contributed by atoms with Gasteiger partial charge in [0.05, 0.1) is 24.2 Å². The first-order chi connectivity index (χ1) is 14.2. The number of amides is 1. The van der Waals surface area contributed by atoms with Gasteiger partial charge < -0.3 is 14.8 Å². The average molecular weight is 412 g/mol. The first-order valence-electron chi connectivity index (χ1n) is 9.30. The predicted octanol–water partition coefficient (Wildman–Crippen LogP) is 4.25. The van der Waals surface area contributed by atoms with Gasteiger partial charge in [-0.2, -0.15) is 0 Å². The van der Waals surface area contributed by atoms with Crippen molar-refractivity contribution in [3.05, 3.63) is 63.7 Å². The van der Waals surface area contributed by atoms with Crippen LogP contribution >= 0.6 is 0 Å². The van der Waals surface area contributed by atoms with Crippen LogP contribution in [-0.2, 0) is 9.59 Å². The molecule has 1 N–H and O–H groups in total. The van der Waals surface area contributed by atoms with E-state index < -0.39 is 16.6 Å². The van der Waals surface area contributed by atoms with Crippen LogP contribution in [0.1, 0.15) is 26.3 Å². The quantitative estimate of drug-likeness (QED) is 0.217. The fourth-order valence-corrected chi connectivity index (χ4v) is 2.51. The molecule has 0 saturated heterocycles. The Bertz CT molecular complexity index is 964. The highest BCUT2D eigenvalue weighted by atomic mass is 16.6. The molecule has 0 aliphatic rings. The van der Waals surface area contributed by atoms with Crippen LogP contribution in [0.4, 0.5) is 11.4 Å². The van der Waals surface area contributed by atoms with E-state index in [-0.39, 0.29) is 11.3 Å². The van der Waals surface area contributed by atoms with Gasteiger partial charge in [0.1, 0.15) is 0 Å². The van der Waals surface area contributed by atoms with Crippen LogP contribution in [0.25, 0.3) is 6.08 Å². The molecule has 2 aromatic carbocycles. The summed E-state index contributed by atoms with van der Waals surface area (Å²) < 4.78 is 11.1. The summed E-state index contributed by atoms with van der Waals surface area (Å²) in [4.78, 5) is 34.8. The largest absolute Gasteiger partial charge is 0.493 e. The number of Topliss-reactive ketones (excluding diaryl/α,β-unsaturated/α-hetero) is 1. The number of hydrogen-bond donors (Lipinski definition) is 1. The normalized spacial score (nSPS) is 11.2. The summed E-state index contributed by atoms with van der Waals surface area (Å²) in [5, 5.41) is 13.3. The van der Waals surface area contributed by atoms with Crippen LogP contribution in [0.3, 0.4) is 0 Å². The first kappa shape index (κ1) is 22.6. The molecule has 0 bridgehead atoms. The average Bonchev–Trinajstić information content (AvgIpc) is 2.70. The highest BCUT2D eigenvalue weighted by Crippen LogP contribution is 2.29. The molecule has 0 aliphatic carbocycles. The van der Waals surface area contributed by atoms with Gasteiger partial charge in [0.2, 0.25) is 0 Å². The Labute approximate surface area is 174 Å². The molecule has 2 aromatic rings. The molecule has 2 rings (SSSR count). The molecule has 0 saturated carbocycles. The van der Waals surface area contributed by atoms with Crippen molar-refractivity contribution in [3.63, 3.8) is 0 Å². The number of ketones is 1. The summed E-state index contributed by atoms with van der Waals surface area (Å²) in [5.74, 6) is 0.372. The smallest absolute Gasteiger partial charge is 0.269 e. The van der Waals surface area contributed by atoms with Gasteiger partial charge in [0.25, 0.3) is 11.6 Å². The topological polar surface area (TPSA) is 108 Å². The molecule has 1 amide bonds. The molecule has 8 nitrogen and oxygen atoms in total. The van der Waals surface area contributed by atoms with Crippen LogP contribution in [0.15, 0.2) is 48.0 Å². The Morgan fingerprint density at radius 3 is 2.33 bits per heavy atom. The lowest BCUT2D eigenvalue weighted by Gasteiger charge is -2.13. The molecule has 0 fully saturated rings. The lowest BCUT2D eigenvalue weighted by Crippen LogP contribution is -2.18. The van der Waals surface area contributed by atoms with E-state index in [0.29, 0.717) is 35.3 Å². The minimum absolute atomic E-state index is 0.0637. The molecule has 0 spiro atoms. The number of carbonyl (C=O) groups is 2. The first-order valence-corrected chi connectivity index (χ1v) is 9.30. The van der Waals surface area contributed by atoms with Crippen LogP contribution in [0, 0.1) is 16.0 Å². The Morgan fingerprint density at radius 1 is 1.13 bits per heavy atom. The van der Waals surface area contributed by atoms with E-state index in [9.17, 15) is 19.7 Å². The zero-order chi connectivity index (χ0) is 22.3. The number of non-ortho nitro benzene ring substituents is 1. The maximum absolute atomic E-state index is 12.6. The van der Waals surface area contributed by atoms with E-state index in [1.165, 1.54) is 44.4 Å². The second kappa shape index (κ2) is 10.2. The molecule has 158 valence electrons. The van der Waals surface area contributed by atoms with Crippen molar-refractivity contribution in [3.8, 4) is 11.5 Å². The maximum atomic E-state index is 12.6. The van der Waals surface area contributed by atoms with Gasteiger partial charge >= 0.3 is 0 Å². The number of rotatable bonds is 9. The molecule has 0 aromatic heterocycles. The fourth-order valence-electron chi connectivity index (χ4n) is 2.51. The van der Waals surface area contributed by atoms with Crippen LogP contribution in [0.2, 0.25) is 0 Å². The van der Waals surface area contributed by atoms with Gasteiger partial charge in [0.15, 0.2) is 17.3 Å². The van der Waals surface area contributed by atoms with E-state index in [1.54, 1.807) is 18.2 Å². The number of nitrogens with one attached hydrogen (secondary N) is 1. The molecular formula is C22H24N2O6. The number of anilines is 1. The SMILES string of the molecule is COc1cc(/C=C(\C(C)=O)C(=O)Nc2ccc([N+](=O)[O-])cc2)ccc1OCC(C)C. The molecule has 0 atom stereocenters. The summed E-state index contributed by atoms with van der Waals surface area (Å²) in [6, 6.07) is 10.5. The van der Waals surface area contributed by atoms with Crippen molar-refractivity contribution in [2.45, 2.75) is 20.8 Å².